The third kappa shape index (κ3) is 2.05. The van der Waals surface area contributed by atoms with Crippen molar-refractivity contribution in [3.63, 3.8) is 0 Å². The van der Waals surface area contributed by atoms with Crippen molar-refractivity contribution in [3.05, 3.63) is 36.2 Å². The van der Waals surface area contributed by atoms with Gasteiger partial charge in [0, 0.05) is 36.8 Å². The summed E-state index contributed by atoms with van der Waals surface area (Å²) in [5.41, 5.74) is 2.76. The first-order valence-electron chi connectivity index (χ1n) is 6.42. The smallest absolute Gasteiger partial charge is 0.356 e. The number of benzene rings is 1. The molecule has 6 nitrogen and oxygen atoms in total. The molecule has 0 aliphatic carbocycles. The Bertz CT molecular complexity index is 845. The Hall–Kier alpha value is -2.76. The number of rotatable bonds is 3. The number of aromatic carboxylic acids is 1. The summed E-state index contributed by atoms with van der Waals surface area (Å²) in [4.78, 5) is 11.1. The normalized spacial score (nSPS) is 11.0. The number of hydrogen-bond donors (Lipinski definition) is 1. The average molecular weight is 285 g/mol. The molecule has 2 aromatic heterocycles. The van der Waals surface area contributed by atoms with Crippen LogP contribution in [0.2, 0.25) is 0 Å². The number of methoxy groups -OCH3 is 1. The number of carboxylic acids is 1. The van der Waals surface area contributed by atoms with E-state index in [4.69, 9.17) is 9.84 Å². The Labute approximate surface area is 121 Å². The van der Waals surface area contributed by atoms with Gasteiger partial charge in [-0.05, 0) is 24.3 Å². The number of nitrogens with zero attached hydrogens (tertiary/aromatic N) is 3. The van der Waals surface area contributed by atoms with Gasteiger partial charge in [-0.3, -0.25) is 4.68 Å². The second-order valence-electron chi connectivity index (χ2n) is 4.88. The standard InChI is InChI=1S/C15H15N3O3/c1-17-8-11(10-6-9(21-3)4-5-13(10)17)14-7-12(15(19)20)16-18(14)2/h4-8H,1-3H3,(H,19,20). The van der Waals surface area contributed by atoms with Crippen molar-refractivity contribution in [2.45, 2.75) is 0 Å². The van der Waals surface area contributed by atoms with Crippen molar-refractivity contribution in [3.8, 4) is 17.0 Å². The molecule has 2 heterocycles. The molecule has 3 aromatic rings. The second kappa shape index (κ2) is 4.66. The van der Waals surface area contributed by atoms with Gasteiger partial charge in [-0.15, -0.1) is 0 Å². The molecular weight excluding hydrogens is 270 g/mol. The Morgan fingerprint density at radius 2 is 2.05 bits per heavy atom. The highest BCUT2D eigenvalue weighted by Gasteiger charge is 2.16. The molecule has 0 amide bonds. The minimum absolute atomic E-state index is 0.0346. The number of aromatic nitrogens is 3. The van der Waals surface area contributed by atoms with E-state index in [2.05, 4.69) is 5.10 Å². The molecule has 0 radical (unpaired) electrons. The van der Waals surface area contributed by atoms with Crippen LogP contribution >= 0.6 is 0 Å². The van der Waals surface area contributed by atoms with Crippen LogP contribution in [-0.2, 0) is 14.1 Å². The lowest BCUT2D eigenvalue weighted by Crippen LogP contribution is -1.99. The lowest BCUT2D eigenvalue weighted by atomic mass is 10.1. The van der Waals surface area contributed by atoms with Crippen LogP contribution in [0.3, 0.4) is 0 Å². The van der Waals surface area contributed by atoms with Crippen LogP contribution in [0.5, 0.6) is 5.75 Å². The van der Waals surface area contributed by atoms with E-state index in [1.54, 1.807) is 24.9 Å². The van der Waals surface area contributed by atoms with Crippen molar-refractivity contribution < 1.29 is 14.6 Å². The van der Waals surface area contributed by atoms with Gasteiger partial charge in [0.05, 0.1) is 12.8 Å². The zero-order valence-electron chi connectivity index (χ0n) is 12.0. The van der Waals surface area contributed by atoms with E-state index in [1.165, 1.54) is 0 Å². The fourth-order valence-electron chi connectivity index (χ4n) is 2.53. The van der Waals surface area contributed by atoms with Crippen LogP contribution in [0.4, 0.5) is 0 Å². The van der Waals surface area contributed by atoms with E-state index in [-0.39, 0.29) is 5.69 Å². The third-order valence-corrected chi connectivity index (χ3v) is 3.57. The van der Waals surface area contributed by atoms with Gasteiger partial charge in [-0.1, -0.05) is 0 Å². The molecule has 1 aromatic carbocycles. The summed E-state index contributed by atoms with van der Waals surface area (Å²) in [5.74, 6) is -0.273. The van der Waals surface area contributed by atoms with E-state index in [0.717, 1.165) is 27.9 Å². The molecule has 0 saturated heterocycles. The van der Waals surface area contributed by atoms with Gasteiger partial charge in [-0.25, -0.2) is 4.79 Å². The van der Waals surface area contributed by atoms with Crippen LogP contribution < -0.4 is 4.74 Å². The van der Waals surface area contributed by atoms with Gasteiger partial charge in [0.1, 0.15) is 5.75 Å². The van der Waals surface area contributed by atoms with Gasteiger partial charge in [0.2, 0.25) is 0 Å². The lowest BCUT2D eigenvalue weighted by molar-refractivity contribution is 0.0689. The molecular formula is C15H15N3O3. The number of aryl methyl sites for hydroxylation is 2. The first-order valence-corrected chi connectivity index (χ1v) is 6.42. The van der Waals surface area contributed by atoms with E-state index in [0.29, 0.717) is 0 Å². The lowest BCUT2D eigenvalue weighted by Gasteiger charge is -2.02. The Balaban J connectivity index is 2.27. The Morgan fingerprint density at radius 1 is 1.29 bits per heavy atom. The molecule has 0 aliphatic heterocycles. The maximum absolute atomic E-state index is 11.1. The largest absolute Gasteiger partial charge is 0.497 e. The minimum Gasteiger partial charge on any atom is -0.497 e. The molecule has 21 heavy (non-hydrogen) atoms. The van der Waals surface area contributed by atoms with Crippen molar-refractivity contribution >= 4 is 16.9 Å². The molecule has 0 saturated carbocycles. The summed E-state index contributed by atoms with van der Waals surface area (Å²) in [5, 5.41) is 14.1. The highest BCUT2D eigenvalue weighted by atomic mass is 16.5. The molecule has 0 unspecified atom stereocenters. The highest BCUT2D eigenvalue weighted by Crippen LogP contribution is 2.32. The summed E-state index contributed by atoms with van der Waals surface area (Å²) in [6, 6.07) is 7.40. The molecule has 0 spiro atoms. The number of hydrogen-bond acceptors (Lipinski definition) is 3. The number of carboxylic acid groups (broad SMARTS) is 1. The summed E-state index contributed by atoms with van der Waals surface area (Å²) in [7, 11) is 5.31. The van der Waals surface area contributed by atoms with Gasteiger partial charge in [0.25, 0.3) is 0 Å². The quantitative estimate of drug-likeness (QED) is 0.801. The van der Waals surface area contributed by atoms with Crippen molar-refractivity contribution in [2.24, 2.45) is 14.1 Å². The average Bonchev–Trinajstić information content (AvgIpc) is 2.99. The zero-order valence-corrected chi connectivity index (χ0v) is 12.0. The van der Waals surface area contributed by atoms with Crippen LogP contribution in [0.25, 0.3) is 22.2 Å². The van der Waals surface area contributed by atoms with Crippen LogP contribution in [-0.4, -0.2) is 32.5 Å². The van der Waals surface area contributed by atoms with Crippen molar-refractivity contribution in [1.29, 1.82) is 0 Å². The summed E-state index contributed by atoms with van der Waals surface area (Å²) in [6.45, 7) is 0. The molecule has 108 valence electrons. The predicted molar refractivity (Wildman–Crippen MR) is 78.6 cm³/mol. The molecule has 1 N–H and O–H groups in total. The molecule has 0 fully saturated rings. The molecule has 6 heteroatoms. The van der Waals surface area contributed by atoms with E-state index in [1.807, 2.05) is 36.0 Å². The van der Waals surface area contributed by atoms with E-state index in [9.17, 15) is 4.79 Å². The number of carbonyl (C=O) groups is 1. The molecule has 0 aliphatic rings. The summed E-state index contributed by atoms with van der Waals surface area (Å²) < 4.78 is 8.85. The second-order valence-corrected chi connectivity index (χ2v) is 4.88. The first kappa shape index (κ1) is 13.2. The van der Waals surface area contributed by atoms with Crippen LogP contribution in [0.1, 0.15) is 10.5 Å². The SMILES string of the molecule is COc1ccc2c(c1)c(-c1cc(C(=O)O)nn1C)cn2C. The number of fused-ring (bicyclic) bond motifs is 1. The Morgan fingerprint density at radius 3 is 2.67 bits per heavy atom. The summed E-state index contributed by atoms with van der Waals surface area (Å²) >= 11 is 0. The first-order chi connectivity index (χ1) is 10.0. The minimum atomic E-state index is -1.03. The molecule has 0 atom stereocenters. The Kier molecular flexibility index (Phi) is 2.94. The fourth-order valence-corrected chi connectivity index (χ4v) is 2.53. The van der Waals surface area contributed by atoms with Gasteiger partial charge < -0.3 is 14.4 Å². The number of ether oxygens (including phenoxy) is 1. The van der Waals surface area contributed by atoms with Crippen molar-refractivity contribution in [2.75, 3.05) is 7.11 Å². The van der Waals surface area contributed by atoms with Gasteiger partial charge >= 0.3 is 5.97 Å². The third-order valence-electron chi connectivity index (χ3n) is 3.57. The summed E-state index contributed by atoms with van der Waals surface area (Å²) in [6.07, 6.45) is 1.97. The van der Waals surface area contributed by atoms with Crippen molar-refractivity contribution in [1.82, 2.24) is 14.3 Å². The van der Waals surface area contributed by atoms with Gasteiger partial charge in [-0.2, -0.15) is 5.10 Å². The highest BCUT2D eigenvalue weighted by molar-refractivity contribution is 5.97. The maximum atomic E-state index is 11.1. The monoisotopic (exact) mass is 285 g/mol. The van der Waals surface area contributed by atoms with Crippen LogP contribution in [0, 0.1) is 0 Å². The molecule has 0 bridgehead atoms. The van der Waals surface area contributed by atoms with Gasteiger partial charge in [0.15, 0.2) is 5.69 Å². The van der Waals surface area contributed by atoms with E-state index < -0.39 is 5.97 Å². The topological polar surface area (TPSA) is 69.3 Å². The van der Waals surface area contributed by atoms with E-state index >= 15 is 0 Å². The maximum Gasteiger partial charge on any atom is 0.356 e. The fraction of sp³-hybridized carbons (Fsp3) is 0.200. The molecule has 3 rings (SSSR count). The zero-order chi connectivity index (χ0) is 15.1. The predicted octanol–water partition coefficient (Wildman–Crippen LogP) is 2.29. The van der Waals surface area contributed by atoms with Crippen LogP contribution in [0.15, 0.2) is 30.5 Å².